The fraction of sp³-hybridized carbons (Fsp3) is 0.345. The van der Waals surface area contributed by atoms with Crippen LogP contribution in [0.5, 0.6) is 11.5 Å². The lowest BCUT2D eigenvalue weighted by atomic mass is 10.1. The second-order valence-corrected chi connectivity index (χ2v) is 11.7. The number of ether oxygens (including phenoxy) is 2. The van der Waals surface area contributed by atoms with E-state index in [1.54, 1.807) is 24.3 Å². The van der Waals surface area contributed by atoms with Crippen molar-refractivity contribution in [2.75, 3.05) is 31.0 Å². The van der Waals surface area contributed by atoms with E-state index in [0.29, 0.717) is 23.7 Å². The van der Waals surface area contributed by atoms with Crippen molar-refractivity contribution in [3.63, 3.8) is 0 Å². The van der Waals surface area contributed by atoms with E-state index in [-0.39, 0.29) is 17.3 Å². The number of anilines is 1. The lowest BCUT2D eigenvalue weighted by molar-refractivity contribution is -0.127. The number of carbonyl (C=O) groups excluding carboxylic acids is 1. The molecule has 2 aliphatic heterocycles. The monoisotopic (exact) mass is 535 g/mol. The Bertz CT molecular complexity index is 1400. The number of benzene rings is 3. The zero-order chi connectivity index (χ0) is 26.7. The predicted molar refractivity (Wildman–Crippen MR) is 146 cm³/mol. The van der Waals surface area contributed by atoms with E-state index in [1.165, 1.54) is 42.0 Å². The molecule has 0 saturated carbocycles. The van der Waals surface area contributed by atoms with Gasteiger partial charge in [-0.1, -0.05) is 30.3 Å². The van der Waals surface area contributed by atoms with Crippen LogP contribution in [-0.4, -0.2) is 52.1 Å². The van der Waals surface area contributed by atoms with Crippen LogP contribution in [0.2, 0.25) is 0 Å². The average Bonchev–Trinajstić information content (AvgIpc) is 3.44. The minimum Gasteiger partial charge on any atom is -0.497 e. The van der Waals surface area contributed by atoms with Crippen LogP contribution in [-0.2, 0) is 27.9 Å². The molecule has 0 unspecified atom stereocenters. The summed E-state index contributed by atoms with van der Waals surface area (Å²) in [5.74, 6) is 0.557. The maximum atomic E-state index is 13.7. The molecular formula is C29H33N3O5S. The molecule has 2 heterocycles. The summed E-state index contributed by atoms with van der Waals surface area (Å²) in [6.45, 7) is 5.24. The summed E-state index contributed by atoms with van der Waals surface area (Å²) in [6, 6.07) is 19.7. The van der Waals surface area contributed by atoms with Crippen molar-refractivity contribution >= 4 is 21.6 Å². The van der Waals surface area contributed by atoms with Crippen LogP contribution in [0.3, 0.4) is 0 Å². The van der Waals surface area contributed by atoms with Crippen molar-refractivity contribution in [3.8, 4) is 11.5 Å². The second kappa shape index (κ2) is 11.0. The number of rotatable bonds is 8. The molecule has 0 aromatic heterocycles. The Morgan fingerprint density at radius 1 is 1.03 bits per heavy atom. The molecule has 200 valence electrons. The standard InChI is InChI=1S/C29H33N3O5S/c1-21-8-13-26-27(16-21)37-28(20-32(26)38(34,35)25-11-9-24(36-2)10-12-25)29(33)30-18-22-6-5-7-23(17-22)19-31-14-3-4-15-31/h5-13,16-17,28H,3-4,14-15,18-20H2,1-2H3,(H,30,33)/t28-/m1/s1. The normalized spacial score (nSPS) is 17.5. The Kier molecular flexibility index (Phi) is 7.58. The number of amides is 1. The first-order valence-electron chi connectivity index (χ1n) is 12.9. The van der Waals surface area contributed by atoms with Gasteiger partial charge in [0.2, 0.25) is 0 Å². The lowest BCUT2D eigenvalue weighted by Gasteiger charge is -2.35. The van der Waals surface area contributed by atoms with Gasteiger partial charge in [0.25, 0.3) is 15.9 Å². The Morgan fingerprint density at radius 3 is 2.50 bits per heavy atom. The van der Waals surface area contributed by atoms with Gasteiger partial charge in [0.15, 0.2) is 6.10 Å². The molecule has 0 bridgehead atoms. The van der Waals surface area contributed by atoms with Gasteiger partial charge in [0, 0.05) is 13.1 Å². The molecule has 0 spiro atoms. The minimum atomic E-state index is -3.95. The van der Waals surface area contributed by atoms with Crippen molar-refractivity contribution in [3.05, 3.63) is 83.4 Å². The maximum Gasteiger partial charge on any atom is 0.264 e. The van der Waals surface area contributed by atoms with E-state index < -0.39 is 16.1 Å². The molecule has 2 aliphatic rings. The van der Waals surface area contributed by atoms with Gasteiger partial charge in [-0.3, -0.25) is 14.0 Å². The zero-order valence-electron chi connectivity index (χ0n) is 21.7. The highest BCUT2D eigenvalue weighted by Gasteiger charge is 2.37. The highest BCUT2D eigenvalue weighted by Crippen LogP contribution is 2.38. The third-order valence-electron chi connectivity index (χ3n) is 6.99. The van der Waals surface area contributed by atoms with Gasteiger partial charge in [0.05, 0.1) is 24.2 Å². The zero-order valence-corrected chi connectivity index (χ0v) is 22.5. The number of aryl methyl sites for hydroxylation is 1. The molecule has 1 N–H and O–H groups in total. The van der Waals surface area contributed by atoms with Gasteiger partial charge in [-0.25, -0.2) is 8.42 Å². The third kappa shape index (κ3) is 5.63. The molecule has 1 amide bonds. The summed E-state index contributed by atoms with van der Waals surface area (Å²) in [6.07, 6.45) is 1.49. The molecule has 38 heavy (non-hydrogen) atoms. The molecular weight excluding hydrogens is 502 g/mol. The maximum absolute atomic E-state index is 13.7. The van der Waals surface area contributed by atoms with Crippen LogP contribution in [0, 0.1) is 6.92 Å². The minimum absolute atomic E-state index is 0.112. The van der Waals surface area contributed by atoms with E-state index in [9.17, 15) is 13.2 Å². The van der Waals surface area contributed by atoms with E-state index in [2.05, 4.69) is 22.3 Å². The molecule has 0 radical (unpaired) electrons. The number of likely N-dealkylation sites (tertiary alicyclic amines) is 1. The summed E-state index contributed by atoms with van der Waals surface area (Å²) >= 11 is 0. The van der Waals surface area contributed by atoms with Crippen LogP contribution in [0.25, 0.3) is 0 Å². The van der Waals surface area contributed by atoms with Crippen molar-refractivity contribution < 1.29 is 22.7 Å². The van der Waals surface area contributed by atoms with Gasteiger partial charge in [-0.15, -0.1) is 0 Å². The predicted octanol–water partition coefficient (Wildman–Crippen LogP) is 3.87. The van der Waals surface area contributed by atoms with Gasteiger partial charge in [-0.05, 0) is 85.9 Å². The SMILES string of the molecule is COc1ccc(S(=O)(=O)N2C[C@H](C(=O)NCc3cccc(CN4CCCC4)c3)Oc3cc(C)ccc32)cc1. The van der Waals surface area contributed by atoms with E-state index in [0.717, 1.165) is 30.8 Å². The van der Waals surface area contributed by atoms with E-state index >= 15 is 0 Å². The molecule has 1 saturated heterocycles. The van der Waals surface area contributed by atoms with Crippen LogP contribution in [0.1, 0.15) is 29.5 Å². The topological polar surface area (TPSA) is 88.2 Å². The largest absolute Gasteiger partial charge is 0.497 e. The van der Waals surface area contributed by atoms with E-state index in [1.807, 2.05) is 25.1 Å². The number of fused-ring (bicyclic) bond motifs is 1. The molecule has 1 atom stereocenters. The smallest absolute Gasteiger partial charge is 0.264 e. The Labute approximate surface area is 224 Å². The summed E-state index contributed by atoms with van der Waals surface area (Å²) in [5.41, 5.74) is 3.52. The molecule has 3 aromatic carbocycles. The van der Waals surface area contributed by atoms with Crippen LogP contribution in [0.15, 0.2) is 71.6 Å². The summed E-state index contributed by atoms with van der Waals surface area (Å²) in [7, 11) is -2.43. The quantitative estimate of drug-likeness (QED) is 0.471. The Morgan fingerprint density at radius 2 is 1.76 bits per heavy atom. The second-order valence-electron chi connectivity index (χ2n) is 9.81. The highest BCUT2D eigenvalue weighted by molar-refractivity contribution is 7.92. The Hall–Kier alpha value is -3.56. The summed E-state index contributed by atoms with van der Waals surface area (Å²) in [5, 5.41) is 2.95. The first kappa shape index (κ1) is 26.1. The molecule has 5 rings (SSSR count). The van der Waals surface area contributed by atoms with Crippen molar-refractivity contribution in [1.29, 1.82) is 0 Å². The first-order chi connectivity index (χ1) is 18.3. The fourth-order valence-electron chi connectivity index (χ4n) is 4.94. The van der Waals surface area contributed by atoms with Crippen LogP contribution in [0.4, 0.5) is 5.69 Å². The van der Waals surface area contributed by atoms with Crippen molar-refractivity contribution in [2.24, 2.45) is 0 Å². The van der Waals surface area contributed by atoms with Crippen LogP contribution < -0.4 is 19.1 Å². The van der Waals surface area contributed by atoms with Crippen LogP contribution >= 0.6 is 0 Å². The molecule has 8 nitrogen and oxygen atoms in total. The van der Waals surface area contributed by atoms with Gasteiger partial charge in [0.1, 0.15) is 11.5 Å². The van der Waals surface area contributed by atoms with E-state index in [4.69, 9.17) is 9.47 Å². The number of hydrogen-bond acceptors (Lipinski definition) is 6. The van der Waals surface area contributed by atoms with Crippen molar-refractivity contribution in [1.82, 2.24) is 10.2 Å². The first-order valence-corrected chi connectivity index (χ1v) is 14.3. The van der Waals surface area contributed by atoms with Gasteiger partial charge >= 0.3 is 0 Å². The van der Waals surface area contributed by atoms with Crippen molar-refractivity contribution in [2.45, 2.75) is 43.9 Å². The molecule has 3 aromatic rings. The molecule has 9 heteroatoms. The molecule has 0 aliphatic carbocycles. The highest BCUT2D eigenvalue weighted by atomic mass is 32.2. The number of hydrogen-bond donors (Lipinski definition) is 1. The lowest BCUT2D eigenvalue weighted by Crippen LogP contribution is -2.50. The Balaban J connectivity index is 1.33. The number of nitrogens with one attached hydrogen (secondary N) is 1. The summed E-state index contributed by atoms with van der Waals surface area (Å²) in [4.78, 5) is 15.8. The van der Waals surface area contributed by atoms with Gasteiger partial charge < -0.3 is 14.8 Å². The third-order valence-corrected chi connectivity index (χ3v) is 8.78. The molecule has 1 fully saturated rings. The number of nitrogens with zero attached hydrogens (tertiary/aromatic N) is 2. The van der Waals surface area contributed by atoms with Gasteiger partial charge in [-0.2, -0.15) is 0 Å². The average molecular weight is 536 g/mol. The summed E-state index contributed by atoms with van der Waals surface area (Å²) < 4.78 is 39.8. The number of methoxy groups -OCH3 is 1. The number of sulfonamides is 1. The fourth-order valence-corrected chi connectivity index (χ4v) is 6.42. The number of carbonyl (C=O) groups is 1.